The first kappa shape index (κ1) is 12.6. The Morgan fingerprint density at radius 2 is 2.33 bits per heavy atom. The van der Waals surface area contributed by atoms with Crippen LogP contribution in [0.25, 0.3) is 0 Å². The largest absolute Gasteiger partial charge is 0.397 e. The van der Waals surface area contributed by atoms with Gasteiger partial charge in [0.05, 0.1) is 30.1 Å². The van der Waals surface area contributed by atoms with E-state index >= 15 is 0 Å². The van der Waals surface area contributed by atoms with E-state index in [2.05, 4.69) is 4.98 Å². The van der Waals surface area contributed by atoms with E-state index in [1.165, 1.54) is 12.3 Å². The number of nitrogen functional groups attached to an aromatic ring is 1. The highest BCUT2D eigenvalue weighted by Crippen LogP contribution is 2.26. The Kier molecular flexibility index (Phi) is 3.66. The third kappa shape index (κ3) is 2.38. The van der Waals surface area contributed by atoms with Gasteiger partial charge in [0.25, 0.3) is 5.91 Å². The molecule has 2 heterocycles. The summed E-state index contributed by atoms with van der Waals surface area (Å²) in [5.74, 6) is -0.0255. The number of primary amides is 1. The molecule has 1 aromatic rings. The molecule has 1 aliphatic rings. The molecule has 98 valence electrons. The Labute approximate surface area is 106 Å². The van der Waals surface area contributed by atoms with E-state index in [1.54, 1.807) is 0 Å². The van der Waals surface area contributed by atoms with Gasteiger partial charge in [-0.1, -0.05) is 0 Å². The molecule has 0 aromatic carbocycles. The number of anilines is 2. The minimum absolute atomic E-state index is 0.00651. The molecule has 0 aliphatic carbocycles. The Morgan fingerprint density at radius 3 is 3.00 bits per heavy atom. The fourth-order valence-electron chi connectivity index (χ4n) is 2.35. The molecule has 0 spiro atoms. The summed E-state index contributed by atoms with van der Waals surface area (Å²) in [6.07, 6.45) is 4.48. The fraction of sp³-hybridized carbons (Fsp3) is 0.500. The van der Waals surface area contributed by atoms with E-state index in [4.69, 9.17) is 11.5 Å². The van der Waals surface area contributed by atoms with Gasteiger partial charge in [-0.15, -0.1) is 0 Å². The molecule has 5 N–H and O–H groups in total. The topological polar surface area (TPSA) is 105 Å². The van der Waals surface area contributed by atoms with Gasteiger partial charge in [0.15, 0.2) is 0 Å². The highest BCUT2D eigenvalue weighted by molar-refractivity contribution is 5.98. The van der Waals surface area contributed by atoms with Crippen molar-refractivity contribution in [1.29, 1.82) is 0 Å². The van der Waals surface area contributed by atoms with Crippen LogP contribution in [0.4, 0.5) is 11.5 Å². The van der Waals surface area contributed by atoms with Crippen molar-refractivity contribution < 1.29 is 9.90 Å². The van der Waals surface area contributed by atoms with Crippen LogP contribution >= 0.6 is 0 Å². The van der Waals surface area contributed by atoms with Crippen LogP contribution in [0.5, 0.6) is 0 Å². The number of carbonyl (C=O) groups is 1. The maximum Gasteiger partial charge on any atom is 0.252 e. The molecule has 6 heteroatoms. The smallest absolute Gasteiger partial charge is 0.252 e. The predicted molar refractivity (Wildman–Crippen MR) is 69.2 cm³/mol. The van der Waals surface area contributed by atoms with Crippen LogP contribution in [0.2, 0.25) is 0 Å². The monoisotopic (exact) mass is 250 g/mol. The summed E-state index contributed by atoms with van der Waals surface area (Å²) in [6, 6.07) is 1.53. The molecular weight excluding hydrogens is 232 g/mol. The SMILES string of the molecule is NC(=O)c1cc(N)cnc1N1CCCCC1CO. The lowest BCUT2D eigenvalue weighted by molar-refractivity contribution is 0.1000. The van der Waals surface area contributed by atoms with Crippen LogP contribution in [-0.2, 0) is 0 Å². The molecule has 1 aromatic heterocycles. The van der Waals surface area contributed by atoms with Crippen molar-refractivity contribution in [2.24, 2.45) is 5.73 Å². The fourth-order valence-corrected chi connectivity index (χ4v) is 2.35. The van der Waals surface area contributed by atoms with Gasteiger partial charge in [0.2, 0.25) is 0 Å². The first-order valence-electron chi connectivity index (χ1n) is 6.06. The number of hydrogen-bond acceptors (Lipinski definition) is 5. The second-order valence-corrected chi connectivity index (χ2v) is 4.53. The molecule has 2 rings (SSSR count). The zero-order valence-corrected chi connectivity index (χ0v) is 10.2. The van der Waals surface area contributed by atoms with Crippen molar-refractivity contribution in [3.05, 3.63) is 17.8 Å². The lowest BCUT2D eigenvalue weighted by Gasteiger charge is -2.36. The first-order chi connectivity index (χ1) is 8.63. The number of aliphatic hydroxyl groups is 1. The third-order valence-corrected chi connectivity index (χ3v) is 3.26. The van der Waals surface area contributed by atoms with Crippen LogP contribution in [0.15, 0.2) is 12.3 Å². The van der Waals surface area contributed by atoms with Crippen molar-refractivity contribution in [3.8, 4) is 0 Å². The van der Waals surface area contributed by atoms with Crippen LogP contribution < -0.4 is 16.4 Å². The number of pyridine rings is 1. The van der Waals surface area contributed by atoms with Gasteiger partial charge in [-0.2, -0.15) is 0 Å². The van der Waals surface area contributed by atoms with E-state index in [9.17, 15) is 9.90 Å². The molecule has 18 heavy (non-hydrogen) atoms. The first-order valence-corrected chi connectivity index (χ1v) is 6.06. The van der Waals surface area contributed by atoms with Gasteiger partial charge < -0.3 is 21.5 Å². The molecule has 1 saturated heterocycles. The van der Waals surface area contributed by atoms with E-state index in [0.29, 0.717) is 17.1 Å². The van der Waals surface area contributed by atoms with Crippen LogP contribution in [0.3, 0.4) is 0 Å². The van der Waals surface area contributed by atoms with Crippen molar-refractivity contribution in [1.82, 2.24) is 4.98 Å². The number of rotatable bonds is 3. The van der Waals surface area contributed by atoms with Gasteiger partial charge in [0.1, 0.15) is 5.82 Å². The number of nitrogens with two attached hydrogens (primary N) is 2. The van der Waals surface area contributed by atoms with Crippen molar-refractivity contribution in [2.75, 3.05) is 23.8 Å². The van der Waals surface area contributed by atoms with E-state index in [-0.39, 0.29) is 12.6 Å². The van der Waals surface area contributed by atoms with Gasteiger partial charge in [-0.05, 0) is 25.3 Å². The van der Waals surface area contributed by atoms with Crippen molar-refractivity contribution in [3.63, 3.8) is 0 Å². The third-order valence-electron chi connectivity index (χ3n) is 3.26. The Hall–Kier alpha value is -1.82. The van der Waals surface area contributed by atoms with Crippen molar-refractivity contribution >= 4 is 17.4 Å². The number of aromatic nitrogens is 1. The van der Waals surface area contributed by atoms with E-state index in [1.807, 2.05) is 4.90 Å². The maximum atomic E-state index is 11.4. The summed E-state index contributed by atoms with van der Waals surface area (Å²) >= 11 is 0. The molecule has 1 unspecified atom stereocenters. The summed E-state index contributed by atoms with van der Waals surface area (Å²) < 4.78 is 0. The van der Waals surface area contributed by atoms with E-state index in [0.717, 1.165) is 25.8 Å². The lowest BCUT2D eigenvalue weighted by Crippen LogP contribution is -2.43. The van der Waals surface area contributed by atoms with Gasteiger partial charge in [0, 0.05) is 6.54 Å². The lowest BCUT2D eigenvalue weighted by atomic mass is 10.0. The highest BCUT2D eigenvalue weighted by Gasteiger charge is 2.26. The number of piperidine rings is 1. The number of carbonyl (C=O) groups excluding carboxylic acids is 1. The molecule has 0 bridgehead atoms. The highest BCUT2D eigenvalue weighted by atomic mass is 16.3. The molecule has 0 saturated carbocycles. The summed E-state index contributed by atoms with van der Waals surface area (Å²) in [4.78, 5) is 17.6. The zero-order valence-electron chi connectivity index (χ0n) is 10.2. The standard InChI is InChI=1S/C12H18N4O2/c13-8-5-10(11(14)18)12(15-6-8)16-4-2-1-3-9(16)7-17/h5-6,9,17H,1-4,7,13H2,(H2,14,18). The minimum Gasteiger partial charge on any atom is -0.397 e. The molecule has 1 aliphatic heterocycles. The Bertz CT molecular complexity index is 450. The molecule has 6 nitrogen and oxygen atoms in total. The molecule has 0 radical (unpaired) electrons. The summed E-state index contributed by atoms with van der Waals surface area (Å²) in [6.45, 7) is 0.812. The van der Waals surface area contributed by atoms with Crippen LogP contribution in [0, 0.1) is 0 Å². The Balaban J connectivity index is 2.39. The predicted octanol–water partition coefficient (Wildman–Crippen LogP) is 0.114. The minimum atomic E-state index is -0.549. The number of hydrogen-bond donors (Lipinski definition) is 3. The van der Waals surface area contributed by atoms with E-state index < -0.39 is 5.91 Å². The summed E-state index contributed by atoms with van der Waals surface area (Å²) in [5.41, 5.74) is 11.7. The summed E-state index contributed by atoms with van der Waals surface area (Å²) in [5, 5.41) is 9.40. The number of nitrogens with zero attached hydrogens (tertiary/aromatic N) is 2. The summed E-state index contributed by atoms with van der Waals surface area (Å²) in [7, 11) is 0. The van der Waals surface area contributed by atoms with Gasteiger partial charge in [-0.25, -0.2) is 4.98 Å². The number of amides is 1. The second kappa shape index (κ2) is 5.22. The van der Waals surface area contributed by atoms with Crippen molar-refractivity contribution in [2.45, 2.75) is 25.3 Å². The molecular formula is C12H18N4O2. The average Bonchev–Trinajstić information content (AvgIpc) is 2.38. The normalized spacial score (nSPS) is 19.8. The molecule has 1 atom stereocenters. The van der Waals surface area contributed by atoms with Gasteiger partial charge in [-0.3, -0.25) is 4.79 Å². The second-order valence-electron chi connectivity index (χ2n) is 4.53. The molecule has 1 fully saturated rings. The Morgan fingerprint density at radius 1 is 1.56 bits per heavy atom. The van der Waals surface area contributed by atoms with Crippen LogP contribution in [-0.4, -0.2) is 35.2 Å². The average molecular weight is 250 g/mol. The zero-order chi connectivity index (χ0) is 13.1. The van der Waals surface area contributed by atoms with Gasteiger partial charge >= 0.3 is 0 Å². The quantitative estimate of drug-likeness (QED) is 0.706. The maximum absolute atomic E-state index is 11.4. The molecule has 1 amide bonds. The van der Waals surface area contributed by atoms with Crippen LogP contribution in [0.1, 0.15) is 29.6 Å². The number of aliphatic hydroxyl groups excluding tert-OH is 1.